The number of nitrogens with zero attached hydrogens (tertiary/aromatic N) is 1. The van der Waals surface area contributed by atoms with Crippen molar-refractivity contribution in [2.45, 2.75) is 24.9 Å². The maximum Gasteiger partial charge on any atom is 0.255 e. The highest BCUT2D eigenvalue weighted by molar-refractivity contribution is 6.31. The third-order valence-electron chi connectivity index (χ3n) is 3.28. The summed E-state index contributed by atoms with van der Waals surface area (Å²) in [7, 11) is 0. The molecule has 1 saturated carbocycles. The van der Waals surface area contributed by atoms with E-state index in [4.69, 9.17) is 16.3 Å². The van der Waals surface area contributed by atoms with Crippen LogP contribution in [-0.4, -0.2) is 17.0 Å². The first kappa shape index (κ1) is 13.3. The molecule has 2 aromatic rings. The molecule has 20 heavy (non-hydrogen) atoms. The molecule has 104 valence electrons. The van der Waals surface area contributed by atoms with Crippen LogP contribution in [-0.2, 0) is 0 Å². The minimum atomic E-state index is -2.62. The van der Waals surface area contributed by atoms with Crippen LogP contribution in [0.25, 0.3) is 11.1 Å². The van der Waals surface area contributed by atoms with E-state index >= 15 is 0 Å². The molecule has 0 saturated heterocycles. The minimum absolute atomic E-state index is 0.196. The Bertz CT molecular complexity index is 611. The van der Waals surface area contributed by atoms with Crippen molar-refractivity contribution in [2.24, 2.45) is 0 Å². The highest BCUT2D eigenvalue weighted by atomic mass is 35.5. The molecule has 0 atom stereocenters. The zero-order valence-electron chi connectivity index (χ0n) is 10.5. The standard InChI is InChI=1S/C15H12ClF2NO/c16-14-13(20-11-8-15(17,18)9-11)12(6-7-19-14)10-4-2-1-3-5-10/h1-7,11H,8-9H2. The number of aromatic nitrogens is 1. The fourth-order valence-corrected chi connectivity index (χ4v) is 2.44. The number of hydrogen-bond donors (Lipinski definition) is 0. The molecule has 0 N–H and O–H groups in total. The van der Waals surface area contributed by atoms with Crippen molar-refractivity contribution in [2.75, 3.05) is 0 Å². The van der Waals surface area contributed by atoms with Gasteiger partial charge in [-0.1, -0.05) is 41.9 Å². The predicted octanol–water partition coefficient (Wildman–Crippen LogP) is 4.58. The summed E-state index contributed by atoms with van der Waals surface area (Å²) >= 11 is 6.05. The minimum Gasteiger partial charge on any atom is -0.486 e. The SMILES string of the molecule is FC1(F)CC(Oc2c(-c3ccccc3)ccnc2Cl)C1. The summed E-state index contributed by atoms with van der Waals surface area (Å²) in [4.78, 5) is 3.97. The van der Waals surface area contributed by atoms with Crippen molar-refractivity contribution in [3.05, 3.63) is 47.7 Å². The first-order valence-electron chi connectivity index (χ1n) is 6.29. The number of ether oxygens (including phenoxy) is 1. The van der Waals surface area contributed by atoms with Gasteiger partial charge in [-0.3, -0.25) is 0 Å². The van der Waals surface area contributed by atoms with Gasteiger partial charge in [-0.15, -0.1) is 0 Å². The Morgan fingerprint density at radius 2 is 1.85 bits per heavy atom. The van der Waals surface area contributed by atoms with E-state index in [9.17, 15) is 8.78 Å². The lowest BCUT2D eigenvalue weighted by molar-refractivity contribution is -0.134. The summed E-state index contributed by atoms with van der Waals surface area (Å²) in [5.74, 6) is -2.24. The van der Waals surface area contributed by atoms with Crippen LogP contribution in [0.5, 0.6) is 5.75 Å². The van der Waals surface area contributed by atoms with Gasteiger partial charge in [-0.25, -0.2) is 13.8 Å². The molecule has 0 bridgehead atoms. The van der Waals surface area contributed by atoms with E-state index in [0.717, 1.165) is 11.1 Å². The molecule has 3 rings (SSSR count). The van der Waals surface area contributed by atoms with Crippen molar-refractivity contribution >= 4 is 11.6 Å². The number of alkyl halides is 2. The van der Waals surface area contributed by atoms with Gasteiger partial charge >= 0.3 is 0 Å². The van der Waals surface area contributed by atoms with Gasteiger partial charge in [0.2, 0.25) is 0 Å². The van der Waals surface area contributed by atoms with Crippen LogP contribution in [0.2, 0.25) is 5.15 Å². The fourth-order valence-electron chi connectivity index (χ4n) is 2.24. The van der Waals surface area contributed by atoms with Gasteiger partial charge in [0.15, 0.2) is 10.9 Å². The number of pyridine rings is 1. The van der Waals surface area contributed by atoms with Crippen LogP contribution in [0.1, 0.15) is 12.8 Å². The van der Waals surface area contributed by atoms with Crippen molar-refractivity contribution in [3.8, 4) is 16.9 Å². The molecular formula is C15H12ClF2NO. The number of hydrogen-bond acceptors (Lipinski definition) is 2. The van der Waals surface area contributed by atoms with E-state index in [-0.39, 0.29) is 18.0 Å². The number of halogens is 3. The summed E-state index contributed by atoms with van der Waals surface area (Å²) in [6, 6.07) is 11.3. The molecule has 0 radical (unpaired) electrons. The van der Waals surface area contributed by atoms with Gasteiger partial charge in [-0.2, -0.15) is 0 Å². The summed E-state index contributed by atoms with van der Waals surface area (Å²) in [6.07, 6.45) is 0.528. The maximum atomic E-state index is 12.9. The highest BCUT2D eigenvalue weighted by Gasteiger charge is 2.47. The van der Waals surface area contributed by atoms with Crippen molar-refractivity contribution in [1.29, 1.82) is 0 Å². The lowest BCUT2D eigenvalue weighted by atomic mass is 9.91. The van der Waals surface area contributed by atoms with Crippen LogP contribution in [0.15, 0.2) is 42.6 Å². The average molecular weight is 296 g/mol. The molecule has 1 aliphatic carbocycles. The van der Waals surface area contributed by atoms with Crippen LogP contribution in [0.4, 0.5) is 8.78 Å². The van der Waals surface area contributed by atoms with Crippen LogP contribution >= 0.6 is 11.6 Å². The molecule has 0 aliphatic heterocycles. The van der Waals surface area contributed by atoms with E-state index in [1.807, 2.05) is 30.3 Å². The molecule has 0 spiro atoms. The van der Waals surface area contributed by atoms with Crippen molar-refractivity contribution in [3.63, 3.8) is 0 Å². The molecule has 1 heterocycles. The average Bonchev–Trinajstić information content (AvgIpc) is 2.40. The lowest BCUT2D eigenvalue weighted by Gasteiger charge is -2.35. The molecule has 5 heteroatoms. The summed E-state index contributed by atoms with van der Waals surface area (Å²) in [5.41, 5.74) is 1.68. The van der Waals surface area contributed by atoms with Gasteiger partial charge in [0, 0.05) is 24.6 Å². The lowest BCUT2D eigenvalue weighted by Crippen LogP contribution is -2.43. The molecule has 1 aliphatic rings. The summed E-state index contributed by atoms with van der Waals surface area (Å²) in [6.45, 7) is 0. The number of rotatable bonds is 3. The summed E-state index contributed by atoms with van der Waals surface area (Å²) in [5, 5.41) is 0.196. The van der Waals surface area contributed by atoms with Crippen molar-refractivity contribution < 1.29 is 13.5 Å². The molecule has 2 nitrogen and oxygen atoms in total. The second-order valence-electron chi connectivity index (χ2n) is 4.85. The van der Waals surface area contributed by atoms with E-state index < -0.39 is 12.0 Å². The van der Waals surface area contributed by atoms with Gasteiger partial charge in [0.25, 0.3) is 5.92 Å². The van der Waals surface area contributed by atoms with Crippen LogP contribution < -0.4 is 4.74 Å². The zero-order chi connectivity index (χ0) is 14.2. The second-order valence-corrected chi connectivity index (χ2v) is 5.21. The summed E-state index contributed by atoms with van der Waals surface area (Å²) < 4.78 is 31.4. The monoisotopic (exact) mass is 295 g/mol. The molecule has 1 fully saturated rings. The highest BCUT2D eigenvalue weighted by Crippen LogP contribution is 2.43. The molecule has 1 aromatic heterocycles. The zero-order valence-corrected chi connectivity index (χ0v) is 11.3. The van der Waals surface area contributed by atoms with Crippen molar-refractivity contribution in [1.82, 2.24) is 4.98 Å². The second kappa shape index (κ2) is 5.02. The Morgan fingerprint density at radius 3 is 2.50 bits per heavy atom. The first-order valence-corrected chi connectivity index (χ1v) is 6.67. The Morgan fingerprint density at radius 1 is 1.15 bits per heavy atom. The Balaban J connectivity index is 1.90. The molecule has 1 aromatic carbocycles. The molecular weight excluding hydrogens is 284 g/mol. The molecule has 0 amide bonds. The first-order chi connectivity index (χ1) is 9.55. The Kier molecular flexibility index (Phi) is 3.34. The van der Waals surface area contributed by atoms with E-state index in [1.165, 1.54) is 0 Å². The van der Waals surface area contributed by atoms with Gasteiger partial charge in [-0.05, 0) is 11.6 Å². The van der Waals surface area contributed by atoms with Gasteiger partial charge in [0.1, 0.15) is 6.10 Å². The molecule has 0 unspecified atom stereocenters. The van der Waals surface area contributed by atoms with E-state index in [0.29, 0.717) is 5.75 Å². The van der Waals surface area contributed by atoms with Gasteiger partial charge < -0.3 is 4.74 Å². The van der Waals surface area contributed by atoms with Crippen LogP contribution in [0.3, 0.4) is 0 Å². The fraction of sp³-hybridized carbons (Fsp3) is 0.267. The number of benzene rings is 1. The smallest absolute Gasteiger partial charge is 0.255 e. The van der Waals surface area contributed by atoms with E-state index in [1.54, 1.807) is 12.3 Å². The quantitative estimate of drug-likeness (QED) is 0.773. The third kappa shape index (κ3) is 2.61. The maximum absolute atomic E-state index is 12.9. The Labute approximate surface area is 120 Å². The third-order valence-corrected chi connectivity index (χ3v) is 3.55. The van der Waals surface area contributed by atoms with E-state index in [2.05, 4.69) is 4.98 Å². The largest absolute Gasteiger partial charge is 0.486 e. The van der Waals surface area contributed by atoms with Crippen LogP contribution in [0, 0.1) is 0 Å². The Hall–Kier alpha value is -1.68. The van der Waals surface area contributed by atoms with Gasteiger partial charge in [0.05, 0.1) is 0 Å². The topological polar surface area (TPSA) is 22.1 Å². The normalized spacial score (nSPS) is 17.6. The predicted molar refractivity (Wildman–Crippen MR) is 73.3 cm³/mol.